The van der Waals surface area contributed by atoms with Gasteiger partial charge in [-0.1, -0.05) is 44.2 Å². The molecule has 0 aliphatic carbocycles. The van der Waals surface area contributed by atoms with Crippen LogP contribution >= 0.6 is 0 Å². The third-order valence-corrected chi connectivity index (χ3v) is 4.46. The lowest BCUT2D eigenvalue weighted by Gasteiger charge is -2.21. The molecule has 1 N–H and O–H groups in total. The second-order valence-corrected chi connectivity index (χ2v) is 6.22. The number of nitrogens with zero attached hydrogens (tertiary/aromatic N) is 1. The van der Waals surface area contributed by atoms with E-state index >= 15 is 0 Å². The van der Waals surface area contributed by atoms with Crippen molar-refractivity contribution in [2.75, 3.05) is 0 Å². The second kappa shape index (κ2) is 5.36. The fraction of sp³-hybridized carbons (Fsp3) is 0.316. The SMILES string of the molecule is Cc1ccc2cc(C(c3cnc[nH]3)C(C)C)ccc2c1C. The molecule has 1 unspecified atom stereocenters. The van der Waals surface area contributed by atoms with E-state index in [1.54, 1.807) is 6.33 Å². The maximum atomic E-state index is 4.18. The molecule has 0 spiro atoms. The molecule has 0 saturated carbocycles. The highest BCUT2D eigenvalue weighted by Crippen LogP contribution is 2.33. The van der Waals surface area contributed by atoms with Crippen molar-refractivity contribution >= 4 is 10.8 Å². The molecule has 1 atom stereocenters. The number of H-pyrrole nitrogens is 1. The molecule has 108 valence electrons. The van der Waals surface area contributed by atoms with Crippen LogP contribution in [0.15, 0.2) is 42.9 Å². The number of hydrogen-bond acceptors (Lipinski definition) is 1. The van der Waals surface area contributed by atoms with E-state index in [0.29, 0.717) is 11.8 Å². The topological polar surface area (TPSA) is 28.7 Å². The van der Waals surface area contributed by atoms with Crippen molar-refractivity contribution in [2.24, 2.45) is 5.92 Å². The van der Waals surface area contributed by atoms with Gasteiger partial charge in [0.05, 0.1) is 6.33 Å². The third-order valence-electron chi connectivity index (χ3n) is 4.46. The Labute approximate surface area is 126 Å². The van der Waals surface area contributed by atoms with E-state index in [2.05, 4.69) is 68.0 Å². The summed E-state index contributed by atoms with van der Waals surface area (Å²) >= 11 is 0. The number of aryl methyl sites for hydroxylation is 2. The van der Waals surface area contributed by atoms with Gasteiger partial charge in [0.15, 0.2) is 0 Å². The summed E-state index contributed by atoms with van der Waals surface area (Å²) in [4.78, 5) is 7.46. The zero-order chi connectivity index (χ0) is 15.0. The molecule has 2 heteroatoms. The summed E-state index contributed by atoms with van der Waals surface area (Å²) in [5.74, 6) is 0.882. The Kier molecular flexibility index (Phi) is 3.54. The van der Waals surface area contributed by atoms with Crippen LogP contribution in [0.5, 0.6) is 0 Å². The fourth-order valence-electron chi connectivity index (χ4n) is 3.17. The summed E-state index contributed by atoms with van der Waals surface area (Å²) in [5, 5.41) is 2.67. The quantitative estimate of drug-likeness (QED) is 0.720. The van der Waals surface area contributed by atoms with Crippen LogP contribution in [-0.2, 0) is 0 Å². The summed E-state index contributed by atoms with van der Waals surface area (Å²) in [5.41, 5.74) is 5.27. The van der Waals surface area contributed by atoms with Crippen LogP contribution in [0.1, 0.15) is 42.1 Å². The molecule has 1 heterocycles. The number of fused-ring (bicyclic) bond motifs is 1. The Morgan fingerprint density at radius 1 is 1.05 bits per heavy atom. The molecule has 21 heavy (non-hydrogen) atoms. The molecular formula is C19H22N2. The molecule has 0 amide bonds. The van der Waals surface area contributed by atoms with E-state index in [0.717, 1.165) is 0 Å². The molecule has 0 bridgehead atoms. The summed E-state index contributed by atoms with van der Waals surface area (Å²) in [6, 6.07) is 11.3. The molecule has 0 radical (unpaired) electrons. The molecule has 3 aromatic rings. The van der Waals surface area contributed by atoms with Gasteiger partial charge in [0.1, 0.15) is 0 Å². The van der Waals surface area contributed by atoms with Crippen LogP contribution in [-0.4, -0.2) is 9.97 Å². The first-order chi connectivity index (χ1) is 10.1. The number of hydrogen-bond donors (Lipinski definition) is 1. The van der Waals surface area contributed by atoms with Crippen LogP contribution < -0.4 is 0 Å². The molecule has 0 aliphatic rings. The van der Waals surface area contributed by atoms with Gasteiger partial charge in [-0.15, -0.1) is 0 Å². The predicted molar refractivity (Wildman–Crippen MR) is 88.7 cm³/mol. The van der Waals surface area contributed by atoms with Crippen LogP contribution in [0, 0.1) is 19.8 Å². The summed E-state index contributed by atoms with van der Waals surface area (Å²) in [7, 11) is 0. The molecule has 0 aliphatic heterocycles. The first-order valence-electron chi connectivity index (χ1n) is 7.56. The van der Waals surface area contributed by atoms with Gasteiger partial charge in [0.25, 0.3) is 0 Å². The molecule has 1 aromatic heterocycles. The highest BCUT2D eigenvalue weighted by molar-refractivity contribution is 5.87. The number of nitrogens with one attached hydrogen (secondary N) is 1. The summed E-state index contributed by atoms with van der Waals surface area (Å²) in [6.07, 6.45) is 3.70. The lowest BCUT2D eigenvalue weighted by molar-refractivity contribution is 0.554. The number of imidazole rings is 1. The van der Waals surface area contributed by atoms with Crippen LogP contribution in [0.4, 0.5) is 0 Å². The highest BCUT2D eigenvalue weighted by atomic mass is 14.9. The fourth-order valence-corrected chi connectivity index (χ4v) is 3.17. The maximum Gasteiger partial charge on any atom is 0.0921 e. The van der Waals surface area contributed by atoms with E-state index in [1.165, 1.54) is 33.2 Å². The van der Waals surface area contributed by atoms with E-state index in [9.17, 15) is 0 Å². The van der Waals surface area contributed by atoms with E-state index < -0.39 is 0 Å². The maximum absolute atomic E-state index is 4.18. The lowest BCUT2D eigenvalue weighted by Crippen LogP contribution is -2.09. The minimum atomic E-state index is 0.360. The Hall–Kier alpha value is -2.09. The third kappa shape index (κ3) is 2.46. The van der Waals surface area contributed by atoms with Crippen molar-refractivity contribution in [3.8, 4) is 0 Å². The van der Waals surface area contributed by atoms with Gasteiger partial charge < -0.3 is 4.98 Å². The summed E-state index contributed by atoms with van der Waals surface area (Å²) < 4.78 is 0. The van der Waals surface area contributed by atoms with Gasteiger partial charge in [-0.2, -0.15) is 0 Å². The predicted octanol–water partition coefficient (Wildman–Crippen LogP) is 4.97. The van der Waals surface area contributed by atoms with Gasteiger partial charge in [-0.3, -0.25) is 0 Å². The van der Waals surface area contributed by atoms with E-state index in [-0.39, 0.29) is 0 Å². The summed E-state index contributed by atoms with van der Waals surface area (Å²) in [6.45, 7) is 8.89. The molecule has 0 fully saturated rings. The Bertz CT molecular complexity index is 755. The van der Waals surface area contributed by atoms with Crippen molar-refractivity contribution in [2.45, 2.75) is 33.6 Å². The van der Waals surface area contributed by atoms with Crippen molar-refractivity contribution in [1.82, 2.24) is 9.97 Å². The van der Waals surface area contributed by atoms with Crippen molar-refractivity contribution in [1.29, 1.82) is 0 Å². The number of rotatable bonds is 3. The monoisotopic (exact) mass is 278 g/mol. The normalized spacial score (nSPS) is 13.0. The smallest absolute Gasteiger partial charge is 0.0921 e. The zero-order valence-corrected chi connectivity index (χ0v) is 13.1. The van der Waals surface area contributed by atoms with E-state index in [4.69, 9.17) is 0 Å². The zero-order valence-electron chi connectivity index (χ0n) is 13.1. The van der Waals surface area contributed by atoms with Crippen molar-refractivity contribution in [3.05, 3.63) is 65.2 Å². The standard InChI is InChI=1S/C19H22N2/c1-12(2)19(18-10-20-11-21-18)16-7-8-17-14(4)13(3)5-6-15(17)9-16/h5-12,19H,1-4H3,(H,20,21). The molecule has 3 rings (SSSR count). The largest absolute Gasteiger partial charge is 0.348 e. The lowest BCUT2D eigenvalue weighted by atomic mass is 9.84. The minimum Gasteiger partial charge on any atom is -0.348 e. The first kappa shape index (κ1) is 13.9. The van der Waals surface area contributed by atoms with Gasteiger partial charge in [-0.05, 0) is 47.2 Å². The highest BCUT2D eigenvalue weighted by Gasteiger charge is 2.19. The van der Waals surface area contributed by atoms with Crippen LogP contribution in [0.2, 0.25) is 0 Å². The molecule has 2 nitrogen and oxygen atoms in total. The first-order valence-corrected chi connectivity index (χ1v) is 7.56. The van der Waals surface area contributed by atoms with Crippen molar-refractivity contribution in [3.63, 3.8) is 0 Å². The molecule has 0 saturated heterocycles. The van der Waals surface area contributed by atoms with Crippen LogP contribution in [0.25, 0.3) is 10.8 Å². The number of aromatic nitrogens is 2. The van der Waals surface area contributed by atoms with Gasteiger partial charge in [0.2, 0.25) is 0 Å². The Balaban J connectivity index is 2.13. The van der Waals surface area contributed by atoms with Gasteiger partial charge in [0, 0.05) is 17.8 Å². The van der Waals surface area contributed by atoms with Gasteiger partial charge >= 0.3 is 0 Å². The minimum absolute atomic E-state index is 0.360. The Morgan fingerprint density at radius 2 is 1.86 bits per heavy atom. The van der Waals surface area contributed by atoms with Crippen molar-refractivity contribution < 1.29 is 0 Å². The molecule has 2 aromatic carbocycles. The molecular weight excluding hydrogens is 256 g/mol. The number of aromatic amines is 1. The number of benzene rings is 2. The van der Waals surface area contributed by atoms with E-state index in [1.807, 2.05) is 6.20 Å². The van der Waals surface area contributed by atoms with Crippen LogP contribution in [0.3, 0.4) is 0 Å². The average molecular weight is 278 g/mol. The van der Waals surface area contributed by atoms with Gasteiger partial charge in [-0.25, -0.2) is 4.98 Å². The Morgan fingerprint density at radius 3 is 2.52 bits per heavy atom. The average Bonchev–Trinajstić information content (AvgIpc) is 2.97. The second-order valence-electron chi connectivity index (χ2n) is 6.22.